The van der Waals surface area contributed by atoms with Crippen molar-refractivity contribution in [3.8, 4) is 0 Å². The number of hydrogen-bond donors (Lipinski definition) is 2. The number of aliphatic hydroxyl groups is 1. The molecule has 2 atom stereocenters. The molecule has 1 nitrogen and oxygen atoms in total. The molecule has 0 amide bonds. The molecule has 1 N–H and O–H groups in total. The SMILES string of the molecule is CC(CO)CSCC(C)CS. The van der Waals surface area contributed by atoms with Gasteiger partial charge in [-0.15, -0.1) is 0 Å². The van der Waals surface area contributed by atoms with Crippen LogP contribution in [0.25, 0.3) is 0 Å². The molecule has 0 heterocycles. The highest BCUT2D eigenvalue weighted by molar-refractivity contribution is 7.99. The highest BCUT2D eigenvalue weighted by Gasteiger charge is 2.02. The van der Waals surface area contributed by atoms with E-state index in [0.29, 0.717) is 18.4 Å². The largest absolute Gasteiger partial charge is 0.396 e. The molecule has 0 aromatic rings. The first-order valence-corrected chi connectivity index (χ1v) is 5.78. The van der Waals surface area contributed by atoms with Crippen LogP contribution in [-0.2, 0) is 0 Å². The van der Waals surface area contributed by atoms with Gasteiger partial charge in [0.2, 0.25) is 0 Å². The summed E-state index contributed by atoms with van der Waals surface area (Å²) in [6, 6.07) is 0. The molecule has 0 aliphatic rings. The lowest BCUT2D eigenvalue weighted by Crippen LogP contribution is -2.07. The monoisotopic (exact) mass is 194 g/mol. The normalized spacial score (nSPS) is 16.4. The van der Waals surface area contributed by atoms with Gasteiger partial charge in [-0.1, -0.05) is 13.8 Å². The average molecular weight is 194 g/mol. The molecule has 0 aromatic carbocycles. The van der Waals surface area contributed by atoms with Gasteiger partial charge in [0.1, 0.15) is 0 Å². The Morgan fingerprint density at radius 3 is 2.27 bits per heavy atom. The molecule has 0 rings (SSSR count). The minimum absolute atomic E-state index is 0.308. The third-order valence-electron chi connectivity index (χ3n) is 1.43. The van der Waals surface area contributed by atoms with Gasteiger partial charge < -0.3 is 5.11 Å². The first-order chi connectivity index (χ1) is 5.20. The third kappa shape index (κ3) is 7.04. The minimum atomic E-state index is 0.308. The Bertz CT molecular complexity index is 78.2. The van der Waals surface area contributed by atoms with Crippen LogP contribution >= 0.6 is 24.4 Å². The van der Waals surface area contributed by atoms with Crippen molar-refractivity contribution in [2.75, 3.05) is 23.9 Å². The molecule has 0 radical (unpaired) electrons. The Morgan fingerprint density at radius 2 is 1.82 bits per heavy atom. The van der Waals surface area contributed by atoms with Crippen molar-refractivity contribution in [1.82, 2.24) is 0 Å². The molecule has 0 saturated carbocycles. The summed E-state index contributed by atoms with van der Waals surface area (Å²) in [7, 11) is 0. The maximum atomic E-state index is 8.73. The topological polar surface area (TPSA) is 20.2 Å². The second-order valence-electron chi connectivity index (χ2n) is 3.11. The first-order valence-electron chi connectivity index (χ1n) is 4.00. The van der Waals surface area contributed by atoms with Gasteiger partial charge in [-0.05, 0) is 29.1 Å². The highest BCUT2D eigenvalue weighted by atomic mass is 32.2. The van der Waals surface area contributed by atoms with E-state index >= 15 is 0 Å². The lowest BCUT2D eigenvalue weighted by Gasteiger charge is -2.09. The Labute approximate surface area is 79.4 Å². The van der Waals surface area contributed by atoms with Gasteiger partial charge in [0.25, 0.3) is 0 Å². The maximum absolute atomic E-state index is 8.73. The molecule has 68 valence electrons. The van der Waals surface area contributed by atoms with Crippen LogP contribution in [0.1, 0.15) is 13.8 Å². The lowest BCUT2D eigenvalue weighted by atomic mass is 10.2. The zero-order valence-corrected chi connectivity index (χ0v) is 9.00. The third-order valence-corrected chi connectivity index (χ3v) is 3.66. The maximum Gasteiger partial charge on any atom is 0.0464 e. The van der Waals surface area contributed by atoms with Crippen LogP contribution in [0.15, 0.2) is 0 Å². The van der Waals surface area contributed by atoms with Crippen molar-refractivity contribution in [2.45, 2.75) is 13.8 Å². The molecule has 3 heteroatoms. The number of aliphatic hydroxyl groups excluding tert-OH is 1. The zero-order valence-electron chi connectivity index (χ0n) is 7.29. The van der Waals surface area contributed by atoms with Gasteiger partial charge in [-0.2, -0.15) is 24.4 Å². The standard InChI is InChI=1S/C8H18OS2/c1-7(3-9)5-11-6-8(2)4-10/h7-10H,3-6H2,1-2H3. The van der Waals surface area contributed by atoms with E-state index in [4.69, 9.17) is 5.11 Å². The van der Waals surface area contributed by atoms with E-state index in [-0.39, 0.29) is 0 Å². The van der Waals surface area contributed by atoms with Crippen molar-refractivity contribution >= 4 is 24.4 Å². The summed E-state index contributed by atoms with van der Waals surface area (Å²) in [6.07, 6.45) is 0. The van der Waals surface area contributed by atoms with Gasteiger partial charge in [0.05, 0.1) is 0 Å². The van der Waals surface area contributed by atoms with Gasteiger partial charge in [-0.3, -0.25) is 0 Å². The molecular weight excluding hydrogens is 176 g/mol. The predicted molar refractivity (Wildman–Crippen MR) is 56.6 cm³/mol. The van der Waals surface area contributed by atoms with E-state index in [2.05, 4.69) is 26.5 Å². The number of rotatable bonds is 6. The van der Waals surface area contributed by atoms with E-state index in [1.165, 1.54) is 0 Å². The molecule has 0 spiro atoms. The van der Waals surface area contributed by atoms with E-state index in [0.717, 1.165) is 17.3 Å². The molecule has 0 saturated heterocycles. The van der Waals surface area contributed by atoms with E-state index < -0.39 is 0 Å². The second-order valence-corrected chi connectivity index (χ2v) is 4.55. The average Bonchev–Trinajstić information content (AvgIpc) is 2.04. The van der Waals surface area contributed by atoms with Crippen LogP contribution in [0.5, 0.6) is 0 Å². The summed E-state index contributed by atoms with van der Waals surface area (Å²) in [5, 5.41) is 8.73. The summed E-state index contributed by atoms with van der Waals surface area (Å²) in [4.78, 5) is 0. The number of hydrogen-bond acceptors (Lipinski definition) is 3. The molecule has 0 aliphatic carbocycles. The Morgan fingerprint density at radius 1 is 1.27 bits per heavy atom. The van der Waals surface area contributed by atoms with Gasteiger partial charge in [0.15, 0.2) is 0 Å². The summed E-state index contributed by atoms with van der Waals surface area (Å²) < 4.78 is 0. The van der Waals surface area contributed by atoms with Crippen LogP contribution in [-0.4, -0.2) is 29.0 Å². The second kappa shape index (κ2) is 7.32. The van der Waals surface area contributed by atoms with Crippen molar-refractivity contribution in [3.05, 3.63) is 0 Å². The van der Waals surface area contributed by atoms with Crippen LogP contribution in [0.2, 0.25) is 0 Å². The molecule has 0 bridgehead atoms. The Balaban J connectivity index is 3.13. The smallest absolute Gasteiger partial charge is 0.0464 e. The van der Waals surface area contributed by atoms with Crippen LogP contribution in [0.4, 0.5) is 0 Å². The molecule has 0 aromatic heterocycles. The van der Waals surface area contributed by atoms with E-state index in [1.54, 1.807) is 0 Å². The predicted octanol–water partition coefficient (Wildman–Crippen LogP) is 1.91. The quantitative estimate of drug-likeness (QED) is 0.630. The summed E-state index contributed by atoms with van der Waals surface area (Å²) in [6.45, 7) is 4.57. The van der Waals surface area contributed by atoms with Crippen molar-refractivity contribution < 1.29 is 5.11 Å². The zero-order chi connectivity index (χ0) is 8.69. The van der Waals surface area contributed by atoms with Crippen molar-refractivity contribution in [3.63, 3.8) is 0 Å². The van der Waals surface area contributed by atoms with Crippen LogP contribution in [0.3, 0.4) is 0 Å². The van der Waals surface area contributed by atoms with E-state index in [9.17, 15) is 0 Å². The molecule has 0 fully saturated rings. The van der Waals surface area contributed by atoms with Crippen LogP contribution in [0, 0.1) is 11.8 Å². The lowest BCUT2D eigenvalue weighted by molar-refractivity contribution is 0.250. The van der Waals surface area contributed by atoms with Gasteiger partial charge in [0, 0.05) is 6.61 Å². The van der Waals surface area contributed by atoms with Gasteiger partial charge >= 0.3 is 0 Å². The Hall–Kier alpha value is 0.660. The van der Waals surface area contributed by atoms with Gasteiger partial charge in [-0.25, -0.2) is 0 Å². The molecular formula is C8H18OS2. The fraction of sp³-hybridized carbons (Fsp3) is 1.00. The molecule has 0 aliphatic heterocycles. The number of thioether (sulfide) groups is 1. The summed E-state index contributed by atoms with van der Waals surface area (Å²) >= 11 is 6.11. The fourth-order valence-corrected chi connectivity index (χ4v) is 2.04. The first kappa shape index (κ1) is 11.7. The van der Waals surface area contributed by atoms with Crippen molar-refractivity contribution in [1.29, 1.82) is 0 Å². The highest BCUT2D eigenvalue weighted by Crippen LogP contribution is 2.12. The number of thiol groups is 1. The van der Waals surface area contributed by atoms with Crippen LogP contribution < -0.4 is 0 Å². The van der Waals surface area contributed by atoms with Crippen molar-refractivity contribution in [2.24, 2.45) is 11.8 Å². The van der Waals surface area contributed by atoms with E-state index in [1.807, 2.05) is 11.8 Å². The summed E-state index contributed by atoms with van der Waals surface area (Å²) in [5.41, 5.74) is 0. The minimum Gasteiger partial charge on any atom is -0.396 e. The molecule has 11 heavy (non-hydrogen) atoms. The summed E-state index contributed by atoms with van der Waals surface area (Å²) in [5.74, 6) is 4.31. The molecule has 2 unspecified atom stereocenters. The Kier molecular flexibility index (Phi) is 7.76. The fourth-order valence-electron chi connectivity index (χ4n) is 0.576.